The number of hydrogen-bond donors (Lipinski definition) is 0. The number of hydrogen-bond acceptors (Lipinski definition) is 3. The number of sulfonamides is 1. The van der Waals surface area contributed by atoms with Crippen LogP contribution >= 0.6 is 0 Å². The van der Waals surface area contributed by atoms with E-state index in [-0.39, 0.29) is 4.90 Å². The van der Waals surface area contributed by atoms with Gasteiger partial charge in [-0.1, -0.05) is 0 Å². The predicted octanol–water partition coefficient (Wildman–Crippen LogP) is 0.901. The molecule has 2 heterocycles. The van der Waals surface area contributed by atoms with Crippen molar-refractivity contribution in [1.82, 2.24) is 4.98 Å². The van der Waals surface area contributed by atoms with Crippen molar-refractivity contribution in [3.05, 3.63) is 23.5 Å². The summed E-state index contributed by atoms with van der Waals surface area (Å²) in [6.45, 7) is 3.45. The fourth-order valence-corrected chi connectivity index (χ4v) is 2.61. The van der Waals surface area contributed by atoms with E-state index in [1.54, 1.807) is 26.1 Å². The molecule has 0 aromatic carbocycles. The van der Waals surface area contributed by atoms with Crippen molar-refractivity contribution in [3.63, 3.8) is 0 Å². The van der Waals surface area contributed by atoms with Crippen molar-refractivity contribution in [2.45, 2.75) is 18.7 Å². The number of rotatable bonds is 0. The number of fused-ring (bicyclic) bond motifs is 1. The molecule has 68 valence electrons. The van der Waals surface area contributed by atoms with Crippen LogP contribution in [0.1, 0.15) is 18.2 Å². The molecule has 0 radical (unpaired) electrons. The summed E-state index contributed by atoms with van der Waals surface area (Å²) in [5.74, 6) is 0. The van der Waals surface area contributed by atoms with E-state index in [0.717, 1.165) is 5.56 Å². The predicted molar refractivity (Wildman–Crippen MR) is 48.4 cm³/mol. The first kappa shape index (κ1) is 8.37. The van der Waals surface area contributed by atoms with Crippen molar-refractivity contribution >= 4 is 15.7 Å². The lowest BCUT2D eigenvalue weighted by Crippen LogP contribution is -1.98. The van der Waals surface area contributed by atoms with E-state index in [4.69, 9.17) is 0 Å². The van der Waals surface area contributed by atoms with Gasteiger partial charge in [-0.2, -0.15) is 12.8 Å². The molecule has 2 rings (SSSR count). The highest BCUT2D eigenvalue weighted by Gasteiger charge is 2.27. The quantitative estimate of drug-likeness (QED) is 0.619. The Morgan fingerprint density at radius 2 is 2.00 bits per heavy atom. The average Bonchev–Trinajstić information content (AvgIpc) is 2.23. The summed E-state index contributed by atoms with van der Waals surface area (Å²) >= 11 is 0. The van der Waals surface area contributed by atoms with Gasteiger partial charge in [0, 0.05) is 6.20 Å². The molecule has 1 aromatic rings. The molecule has 0 aliphatic carbocycles. The first-order valence-electron chi connectivity index (χ1n) is 3.79. The minimum atomic E-state index is -3.45. The van der Waals surface area contributed by atoms with E-state index in [2.05, 4.69) is 9.38 Å². The van der Waals surface area contributed by atoms with E-state index in [0.29, 0.717) is 11.4 Å². The number of aryl methyl sites for hydroxylation is 1. The highest BCUT2D eigenvalue weighted by Crippen LogP contribution is 2.24. The highest BCUT2D eigenvalue weighted by atomic mass is 32.2. The summed E-state index contributed by atoms with van der Waals surface area (Å²) in [4.78, 5) is 4.25. The molecule has 0 atom stereocenters. The summed E-state index contributed by atoms with van der Waals surface area (Å²) < 4.78 is 26.3. The lowest BCUT2D eigenvalue weighted by atomic mass is 10.2. The Morgan fingerprint density at radius 1 is 1.31 bits per heavy atom. The van der Waals surface area contributed by atoms with E-state index in [1.807, 2.05) is 0 Å². The smallest absolute Gasteiger partial charge is 0.253 e. The minimum Gasteiger partial charge on any atom is -0.253 e. The van der Waals surface area contributed by atoms with Gasteiger partial charge in [0.2, 0.25) is 0 Å². The highest BCUT2D eigenvalue weighted by molar-refractivity contribution is 7.90. The SMILES string of the molecule is CC1=NS(=O)(=O)c2cc(C)cnc21. The maximum Gasteiger partial charge on any atom is 0.284 e. The topological polar surface area (TPSA) is 59.4 Å². The molecule has 5 heteroatoms. The van der Waals surface area contributed by atoms with Crippen LogP contribution in [-0.4, -0.2) is 19.1 Å². The second kappa shape index (κ2) is 2.38. The summed E-state index contributed by atoms with van der Waals surface area (Å²) in [7, 11) is -3.45. The van der Waals surface area contributed by atoms with E-state index >= 15 is 0 Å². The van der Waals surface area contributed by atoms with E-state index in [1.165, 1.54) is 0 Å². The van der Waals surface area contributed by atoms with Gasteiger partial charge in [0.1, 0.15) is 10.6 Å². The van der Waals surface area contributed by atoms with Gasteiger partial charge in [-0.3, -0.25) is 4.98 Å². The molecular formula is C8H8N2O2S. The van der Waals surface area contributed by atoms with Gasteiger partial charge < -0.3 is 0 Å². The van der Waals surface area contributed by atoms with Crippen LogP contribution in [0, 0.1) is 6.92 Å². The Kier molecular flexibility index (Phi) is 1.53. The molecular weight excluding hydrogens is 188 g/mol. The second-order valence-corrected chi connectivity index (χ2v) is 4.58. The van der Waals surface area contributed by atoms with Gasteiger partial charge in [-0.25, -0.2) is 0 Å². The van der Waals surface area contributed by atoms with Crippen LogP contribution in [0.3, 0.4) is 0 Å². The molecule has 0 N–H and O–H groups in total. The fourth-order valence-electron chi connectivity index (χ4n) is 1.28. The monoisotopic (exact) mass is 196 g/mol. The van der Waals surface area contributed by atoms with Gasteiger partial charge in [-0.05, 0) is 25.5 Å². The van der Waals surface area contributed by atoms with Gasteiger partial charge in [-0.15, -0.1) is 0 Å². The molecule has 1 aliphatic heterocycles. The third-order valence-electron chi connectivity index (χ3n) is 1.87. The van der Waals surface area contributed by atoms with E-state index in [9.17, 15) is 8.42 Å². The second-order valence-electron chi connectivity index (χ2n) is 3.01. The minimum absolute atomic E-state index is 0.227. The first-order valence-corrected chi connectivity index (χ1v) is 5.23. The van der Waals surface area contributed by atoms with Crippen molar-refractivity contribution in [2.75, 3.05) is 0 Å². The molecule has 0 bridgehead atoms. The van der Waals surface area contributed by atoms with Gasteiger partial charge in [0.05, 0.1) is 5.71 Å². The standard InChI is InChI=1S/C8H8N2O2S/c1-5-3-7-8(9-4-5)6(2)10-13(7,11)12/h3-4H,1-2H3. The molecule has 0 saturated heterocycles. The zero-order chi connectivity index (χ0) is 9.64. The van der Waals surface area contributed by atoms with Crippen molar-refractivity contribution in [3.8, 4) is 0 Å². The summed E-state index contributed by atoms with van der Waals surface area (Å²) in [5.41, 5.74) is 1.77. The zero-order valence-corrected chi connectivity index (χ0v) is 8.09. The van der Waals surface area contributed by atoms with Crippen LogP contribution in [0.2, 0.25) is 0 Å². The Morgan fingerprint density at radius 3 is 2.69 bits per heavy atom. The number of pyridine rings is 1. The molecule has 0 saturated carbocycles. The third-order valence-corrected chi connectivity index (χ3v) is 3.25. The van der Waals surface area contributed by atoms with E-state index < -0.39 is 10.0 Å². The van der Waals surface area contributed by atoms with Gasteiger partial charge in [0.25, 0.3) is 10.0 Å². The Hall–Kier alpha value is -1.23. The summed E-state index contributed by atoms with van der Waals surface area (Å²) in [5, 5.41) is 0. The lowest BCUT2D eigenvalue weighted by molar-refractivity contribution is 0.599. The molecule has 0 spiro atoms. The van der Waals surface area contributed by atoms with Crippen LogP contribution in [-0.2, 0) is 10.0 Å². The molecule has 0 amide bonds. The molecule has 13 heavy (non-hydrogen) atoms. The molecule has 1 aromatic heterocycles. The van der Waals surface area contributed by atoms with Crippen LogP contribution in [0.15, 0.2) is 21.6 Å². The first-order chi connectivity index (χ1) is 6.00. The Balaban J connectivity index is 2.83. The van der Waals surface area contributed by atoms with Crippen LogP contribution in [0.25, 0.3) is 0 Å². The fraction of sp³-hybridized carbons (Fsp3) is 0.250. The number of nitrogens with zero attached hydrogens (tertiary/aromatic N) is 2. The normalized spacial score (nSPS) is 18.2. The molecule has 0 unspecified atom stereocenters. The van der Waals surface area contributed by atoms with Crippen molar-refractivity contribution < 1.29 is 8.42 Å². The van der Waals surface area contributed by atoms with Crippen LogP contribution in [0.5, 0.6) is 0 Å². The van der Waals surface area contributed by atoms with Crippen molar-refractivity contribution in [1.29, 1.82) is 0 Å². The Bertz CT molecular complexity index is 503. The van der Waals surface area contributed by atoms with Crippen LogP contribution < -0.4 is 0 Å². The number of aromatic nitrogens is 1. The molecule has 4 nitrogen and oxygen atoms in total. The van der Waals surface area contributed by atoms with Crippen molar-refractivity contribution in [2.24, 2.45) is 4.40 Å². The lowest BCUT2D eigenvalue weighted by Gasteiger charge is -1.97. The summed E-state index contributed by atoms with van der Waals surface area (Å²) in [6, 6.07) is 1.59. The maximum atomic E-state index is 11.4. The third kappa shape index (κ3) is 1.16. The maximum absolute atomic E-state index is 11.4. The Labute approximate surface area is 76.4 Å². The zero-order valence-electron chi connectivity index (χ0n) is 7.27. The largest absolute Gasteiger partial charge is 0.284 e. The van der Waals surface area contributed by atoms with Gasteiger partial charge >= 0.3 is 0 Å². The molecule has 1 aliphatic rings. The van der Waals surface area contributed by atoms with Gasteiger partial charge in [0.15, 0.2) is 0 Å². The van der Waals surface area contributed by atoms with Crippen LogP contribution in [0.4, 0.5) is 0 Å². The summed E-state index contributed by atoms with van der Waals surface area (Å²) in [6.07, 6.45) is 1.64. The molecule has 0 fully saturated rings. The average molecular weight is 196 g/mol.